The van der Waals surface area contributed by atoms with Gasteiger partial charge in [-0.05, 0) is 32.5 Å². The van der Waals surface area contributed by atoms with Crippen LogP contribution in [0.1, 0.15) is 18.5 Å². The molecular weight excluding hydrogens is 188 g/mol. The minimum atomic E-state index is 0.638. The normalized spacial score (nSPS) is 23.2. The SMILES string of the molecule is CN1CCCC(NCc2ccnn2C)C1. The molecule has 2 rings (SSSR count). The second-order valence-corrected chi connectivity index (χ2v) is 4.43. The molecule has 1 fully saturated rings. The molecule has 0 aromatic carbocycles. The van der Waals surface area contributed by atoms with E-state index in [-0.39, 0.29) is 0 Å². The van der Waals surface area contributed by atoms with Gasteiger partial charge in [-0.2, -0.15) is 5.10 Å². The zero-order valence-electron chi connectivity index (χ0n) is 9.61. The van der Waals surface area contributed by atoms with Crippen molar-refractivity contribution in [1.82, 2.24) is 20.0 Å². The molecule has 84 valence electrons. The maximum absolute atomic E-state index is 4.16. The van der Waals surface area contributed by atoms with E-state index in [0.29, 0.717) is 6.04 Å². The summed E-state index contributed by atoms with van der Waals surface area (Å²) < 4.78 is 1.93. The summed E-state index contributed by atoms with van der Waals surface area (Å²) in [5.74, 6) is 0. The van der Waals surface area contributed by atoms with E-state index in [1.807, 2.05) is 17.9 Å². The lowest BCUT2D eigenvalue weighted by atomic mass is 10.1. The highest BCUT2D eigenvalue weighted by Gasteiger charge is 2.16. The van der Waals surface area contributed by atoms with Crippen LogP contribution in [-0.4, -0.2) is 40.9 Å². The van der Waals surface area contributed by atoms with Crippen molar-refractivity contribution in [3.05, 3.63) is 18.0 Å². The lowest BCUT2D eigenvalue weighted by molar-refractivity contribution is 0.226. The van der Waals surface area contributed by atoms with Gasteiger partial charge >= 0.3 is 0 Å². The average Bonchev–Trinajstić information content (AvgIpc) is 2.61. The van der Waals surface area contributed by atoms with E-state index < -0.39 is 0 Å². The smallest absolute Gasteiger partial charge is 0.0518 e. The van der Waals surface area contributed by atoms with Crippen molar-refractivity contribution in [3.63, 3.8) is 0 Å². The van der Waals surface area contributed by atoms with Gasteiger partial charge in [0.1, 0.15) is 0 Å². The summed E-state index contributed by atoms with van der Waals surface area (Å²) in [6.45, 7) is 3.33. The molecule has 2 heterocycles. The number of likely N-dealkylation sites (tertiary alicyclic amines) is 1. The van der Waals surface area contributed by atoms with Crippen molar-refractivity contribution in [2.45, 2.75) is 25.4 Å². The predicted octanol–water partition coefficient (Wildman–Crippen LogP) is 0.604. The molecule has 0 amide bonds. The third-order valence-electron chi connectivity index (χ3n) is 3.12. The van der Waals surface area contributed by atoms with E-state index >= 15 is 0 Å². The number of hydrogen-bond acceptors (Lipinski definition) is 3. The van der Waals surface area contributed by atoms with E-state index in [2.05, 4.69) is 28.4 Å². The van der Waals surface area contributed by atoms with Gasteiger partial charge in [-0.25, -0.2) is 0 Å². The fraction of sp³-hybridized carbons (Fsp3) is 0.727. The average molecular weight is 208 g/mol. The highest BCUT2D eigenvalue weighted by Crippen LogP contribution is 2.08. The third kappa shape index (κ3) is 2.79. The molecule has 1 aromatic heterocycles. The van der Waals surface area contributed by atoms with Crippen LogP contribution in [0.5, 0.6) is 0 Å². The summed E-state index contributed by atoms with van der Waals surface area (Å²) in [6.07, 6.45) is 4.45. The summed E-state index contributed by atoms with van der Waals surface area (Å²) in [6, 6.07) is 2.71. The topological polar surface area (TPSA) is 33.1 Å². The largest absolute Gasteiger partial charge is 0.307 e. The van der Waals surface area contributed by atoms with E-state index in [1.54, 1.807) is 0 Å². The molecule has 1 N–H and O–H groups in total. The Morgan fingerprint density at radius 3 is 3.07 bits per heavy atom. The van der Waals surface area contributed by atoms with Crippen LogP contribution in [0.4, 0.5) is 0 Å². The quantitative estimate of drug-likeness (QED) is 0.790. The Morgan fingerprint density at radius 1 is 1.53 bits per heavy atom. The van der Waals surface area contributed by atoms with Crippen molar-refractivity contribution in [2.75, 3.05) is 20.1 Å². The molecule has 0 bridgehead atoms. The number of rotatable bonds is 3. The van der Waals surface area contributed by atoms with Gasteiger partial charge in [0.15, 0.2) is 0 Å². The van der Waals surface area contributed by atoms with E-state index in [1.165, 1.54) is 25.1 Å². The number of aryl methyl sites for hydroxylation is 1. The molecule has 4 nitrogen and oxygen atoms in total. The van der Waals surface area contributed by atoms with Gasteiger partial charge in [0.2, 0.25) is 0 Å². The standard InChI is InChI=1S/C11H20N4/c1-14-7-3-4-10(9-14)12-8-11-5-6-13-15(11)2/h5-6,10,12H,3-4,7-9H2,1-2H3. The lowest BCUT2D eigenvalue weighted by Crippen LogP contribution is -2.43. The Hall–Kier alpha value is -0.870. The van der Waals surface area contributed by atoms with E-state index in [9.17, 15) is 0 Å². The van der Waals surface area contributed by atoms with Gasteiger partial charge in [-0.3, -0.25) is 4.68 Å². The maximum Gasteiger partial charge on any atom is 0.0518 e. The summed E-state index contributed by atoms with van der Waals surface area (Å²) in [4.78, 5) is 2.39. The maximum atomic E-state index is 4.16. The van der Waals surface area contributed by atoms with E-state index in [4.69, 9.17) is 0 Å². The third-order valence-corrected chi connectivity index (χ3v) is 3.12. The first-order valence-electron chi connectivity index (χ1n) is 5.64. The Kier molecular flexibility index (Phi) is 3.38. The first-order valence-corrected chi connectivity index (χ1v) is 5.64. The first kappa shape index (κ1) is 10.6. The van der Waals surface area contributed by atoms with Gasteiger partial charge in [0.05, 0.1) is 5.69 Å². The molecule has 1 unspecified atom stereocenters. The molecule has 0 spiro atoms. The zero-order valence-corrected chi connectivity index (χ0v) is 9.61. The van der Waals surface area contributed by atoms with Crippen LogP contribution < -0.4 is 5.32 Å². The van der Waals surface area contributed by atoms with Crippen molar-refractivity contribution in [2.24, 2.45) is 7.05 Å². The number of likely N-dealkylation sites (N-methyl/N-ethyl adjacent to an activating group) is 1. The fourth-order valence-corrected chi connectivity index (χ4v) is 2.16. The first-order chi connectivity index (χ1) is 7.25. The minimum Gasteiger partial charge on any atom is -0.307 e. The van der Waals surface area contributed by atoms with Crippen LogP contribution >= 0.6 is 0 Å². The summed E-state index contributed by atoms with van der Waals surface area (Å²) >= 11 is 0. The molecule has 15 heavy (non-hydrogen) atoms. The molecule has 0 radical (unpaired) electrons. The molecule has 1 aromatic rings. The van der Waals surface area contributed by atoms with Crippen LogP contribution in [0, 0.1) is 0 Å². The molecule has 1 saturated heterocycles. The summed E-state index contributed by atoms with van der Waals surface area (Å²) in [5, 5.41) is 7.75. The summed E-state index contributed by atoms with van der Waals surface area (Å²) in [5.41, 5.74) is 1.25. The molecule has 0 aliphatic carbocycles. The van der Waals surface area contributed by atoms with Crippen molar-refractivity contribution in [3.8, 4) is 0 Å². The Bertz CT molecular complexity index is 307. The highest BCUT2D eigenvalue weighted by molar-refractivity contribution is 4.99. The molecule has 1 aliphatic rings. The molecule has 4 heteroatoms. The predicted molar refractivity (Wildman–Crippen MR) is 60.6 cm³/mol. The molecular formula is C11H20N4. The van der Waals surface area contributed by atoms with Gasteiger partial charge in [-0.1, -0.05) is 0 Å². The number of piperidine rings is 1. The molecule has 1 aliphatic heterocycles. The lowest BCUT2D eigenvalue weighted by Gasteiger charge is -2.30. The fourth-order valence-electron chi connectivity index (χ4n) is 2.16. The Labute approximate surface area is 91.3 Å². The van der Waals surface area contributed by atoms with Crippen molar-refractivity contribution < 1.29 is 0 Å². The van der Waals surface area contributed by atoms with Gasteiger partial charge in [0.25, 0.3) is 0 Å². The summed E-state index contributed by atoms with van der Waals surface area (Å²) in [7, 11) is 4.18. The monoisotopic (exact) mass is 208 g/mol. The van der Waals surface area contributed by atoms with Crippen molar-refractivity contribution >= 4 is 0 Å². The second-order valence-electron chi connectivity index (χ2n) is 4.43. The van der Waals surface area contributed by atoms with Crippen LogP contribution in [0.2, 0.25) is 0 Å². The Balaban J connectivity index is 1.80. The number of hydrogen-bond donors (Lipinski definition) is 1. The zero-order chi connectivity index (χ0) is 10.7. The van der Waals surface area contributed by atoms with Crippen LogP contribution in [0.25, 0.3) is 0 Å². The van der Waals surface area contributed by atoms with Crippen LogP contribution in [0.15, 0.2) is 12.3 Å². The van der Waals surface area contributed by atoms with Gasteiger partial charge < -0.3 is 10.2 Å². The Morgan fingerprint density at radius 2 is 2.40 bits per heavy atom. The van der Waals surface area contributed by atoms with E-state index in [0.717, 1.165) is 13.1 Å². The molecule has 1 atom stereocenters. The van der Waals surface area contributed by atoms with Gasteiger partial charge in [-0.15, -0.1) is 0 Å². The minimum absolute atomic E-state index is 0.638. The number of nitrogens with one attached hydrogen (secondary N) is 1. The van der Waals surface area contributed by atoms with Crippen molar-refractivity contribution in [1.29, 1.82) is 0 Å². The van der Waals surface area contributed by atoms with Gasteiger partial charge in [0, 0.05) is 32.4 Å². The number of nitrogens with zero attached hydrogens (tertiary/aromatic N) is 3. The van der Waals surface area contributed by atoms with Crippen LogP contribution in [-0.2, 0) is 13.6 Å². The second kappa shape index (κ2) is 4.77. The molecule has 0 saturated carbocycles. The highest BCUT2D eigenvalue weighted by atomic mass is 15.3. The number of aromatic nitrogens is 2. The van der Waals surface area contributed by atoms with Crippen LogP contribution in [0.3, 0.4) is 0 Å².